The third-order valence-electron chi connectivity index (χ3n) is 22.8. The number of likely N-dealkylation sites (N-methyl/N-ethyl adjacent to an activating group) is 3. The maximum Gasteiger partial charge on any atom is 0.246 e. The number of aromatic nitrogens is 2. The smallest absolute Gasteiger partial charge is 0.246 e. The van der Waals surface area contributed by atoms with Gasteiger partial charge in [-0.25, -0.2) is 0 Å². The number of aliphatic hydroxyl groups excluding tert-OH is 1. The molecule has 0 saturated carbocycles. The van der Waals surface area contributed by atoms with E-state index in [1.807, 2.05) is 45.9 Å². The van der Waals surface area contributed by atoms with Crippen molar-refractivity contribution in [3.63, 3.8) is 0 Å². The average molecular weight is 1710 g/mol. The number of carbonyl (C=O) groups is 15. The lowest BCUT2D eigenvalue weighted by atomic mass is 9.99. The molecular weight excluding hydrogens is 1590 g/mol. The number of phenols is 1. The van der Waals surface area contributed by atoms with Crippen LogP contribution < -0.4 is 65.1 Å². The summed E-state index contributed by atoms with van der Waals surface area (Å²) in [6, 6.07) is 1.77. The van der Waals surface area contributed by atoms with Crippen molar-refractivity contribution in [1.82, 2.24) is 82.3 Å². The molecule has 0 bridgehead atoms. The minimum Gasteiger partial charge on any atom is -0.508 e. The molecule has 8 rings (SSSR count). The fraction of sp³-hybridized carbons (Fsp3) is 0.570. The number of benzene rings is 3. The number of nitrogens with one attached hydrogen (secondary N) is 11. The van der Waals surface area contributed by atoms with E-state index in [0.717, 1.165) is 14.7 Å². The van der Waals surface area contributed by atoms with Crippen LogP contribution in [0, 0.1) is 11.8 Å². The Morgan fingerprint density at radius 1 is 0.520 bits per heavy atom. The summed E-state index contributed by atoms with van der Waals surface area (Å²) < 4.78 is 5.70. The number of primary amides is 1. The second-order valence-electron chi connectivity index (χ2n) is 33.1. The van der Waals surface area contributed by atoms with Crippen molar-refractivity contribution in [1.29, 1.82) is 0 Å². The van der Waals surface area contributed by atoms with Gasteiger partial charge in [0.2, 0.25) is 88.6 Å². The van der Waals surface area contributed by atoms with Crippen LogP contribution in [0.1, 0.15) is 149 Å². The summed E-state index contributed by atoms with van der Waals surface area (Å²) in [5.41, 5.74) is 21.1. The molecule has 14 atom stereocenters. The Kier molecular flexibility index (Phi) is 36.3. The number of fused-ring (bicyclic) bond motifs is 4. The van der Waals surface area contributed by atoms with Gasteiger partial charge < -0.3 is 114 Å². The maximum absolute atomic E-state index is 15.7. The molecule has 37 nitrogen and oxygen atoms in total. The van der Waals surface area contributed by atoms with E-state index < -0.39 is 199 Å². The van der Waals surface area contributed by atoms with Gasteiger partial charge in [0.15, 0.2) is 0 Å². The number of aliphatic hydroxyl groups is 1. The van der Waals surface area contributed by atoms with Crippen LogP contribution in [0.4, 0.5) is 0 Å². The van der Waals surface area contributed by atoms with Crippen LogP contribution in [0.15, 0.2) is 85.2 Å². The summed E-state index contributed by atoms with van der Waals surface area (Å²) in [6.07, 6.45) is 2.79. The number of aromatic hydroxyl groups is 1. The van der Waals surface area contributed by atoms with Crippen molar-refractivity contribution in [3.8, 4) is 5.75 Å². The third-order valence-corrected chi connectivity index (χ3v) is 22.8. The number of hydrogen-bond donors (Lipinski definition) is 16. The highest BCUT2D eigenvalue weighted by molar-refractivity contribution is 6.02. The number of aromatic amines is 2. The van der Waals surface area contributed by atoms with Gasteiger partial charge in [-0.3, -0.25) is 71.9 Å². The summed E-state index contributed by atoms with van der Waals surface area (Å²) >= 11 is 0. The Morgan fingerprint density at radius 2 is 1.02 bits per heavy atom. The van der Waals surface area contributed by atoms with Gasteiger partial charge in [-0.1, -0.05) is 116 Å². The lowest BCUT2D eigenvalue weighted by Gasteiger charge is -2.36. The van der Waals surface area contributed by atoms with Crippen LogP contribution >= 0.6 is 0 Å². The summed E-state index contributed by atoms with van der Waals surface area (Å²) in [5, 5.41) is 47.5. The van der Waals surface area contributed by atoms with Gasteiger partial charge in [0, 0.05) is 107 Å². The largest absolute Gasteiger partial charge is 0.508 e. The number of H-pyrrole nitrogens is 2. The number of rotatable bonds is 21. The van der Waals surface area contributed by atoms with Gasteiger partial charge in [0.05, 0.1) is 19.1 Å². The van der Waals surface area contributed by atoms with Gasteiger partial charge in [-0.15, -0.1) is 0 Å². The van der Waals surface area contributed by atoms with E-state index in [9.17, 15) is 53.4 Å². The minimum atomic E-state index is -1.71. The Labute approximate surface area is 716 Å². The quantitative estimate of drug-likeness (QED) is 0.0441. The fourth-order valence-corrected chi connectivity index (χ4v) is 15.9. The van der Waals surface area contributed by atoms with Crippen molar-refractivity contribution >= 4 is 110 Å². The third kappa shape index (κ3) is 26.5. The molecule has 3 aliphatic heterocycles. The highest BCUT2D eigenvalue weighted by atomic mass is 16.5. The fourth-order valence-electron chi connectivity index (χ4n) is 15.9. The maximum atomic E-state index is 15.7. The monoisotopic (exact) mass is 1710 g/mol. The highest BCUT2D eigenvalue weighted by Gasteiger charge is 2.46. The molecule has 5 aromatic rings. The molecule has 15 amide bonds. The molecule has 3 aromatic carbocycles. The molecule has 3 saturated heterocycles. The van der Waals surface area contributed by atoms with E-state index in [1.54, 1.807) is 56.6 Å². The molecule has 0 aliphatic carbocycles. The lowest BCUT2D eigenvalue weighted by Crippen LogP contribution is -2.61. The number of nitrogens with zero attached hydrogens (tertiary/aromatic N) is 5. The van der Waals surface area contributed by atoms with E-state index >= 15 is 28.8 Å². The average Bonchev–Trinajstić information content (AvgIpc) is 1.66. The Morgan fingerprint density at radius 3 is 1.63 bits per heavy atom. The Bertz CT molecular complexity index is 4530. The molecule has 5 heterocycles. The van der Waals surface area contributed by atoms with Gasteiger partial charge in [-0.05, 0) is 111 Å². The van der Waals surface area contributed by atoms with Crippen molar-refractivity contribution in [3.05, 3.63) is 102 Å². The zero-order chi connectivity index (χ0) is 90.1. The van der Waals surface area contributed by atoms with Crippen LogP contribution in [-0.2, 0) is 95.9 Å². The van der Waals surface area contributed by atoms with E-state index in [1.165, 1.54) is 62.1 Å². The molecule has 0 radical (unpaired) electrons. The minimum absolute atomic E-state index is 0.0239. The van der Waals surface area contributed by atoms with E-state index in [0.29, 0.717) is 64.2 Å². The van der Waals surface area contributed by atoms with E-state index in [2.05, 4.69) is 57.8 Å². The standard InChI is InChI=1S/C86H125N19O18/c1-11-13-24-68-79(115)95-61(36-48(3)4)75(111)90-33-35-123-47-73(109)93-64(38-51-27-29-54(106)30-28-51)82(118)101(8)50(7)74(110)97-66(42-72(89)108)84(120)104-34-19-26-69(104)80(116)100-67(43-88)78(114)98-63(37-49(5)6)85(121)105-46-55(107)41-71(105)81(117)96-62(39-52-44-91-58-22-17-15-20-56(52)58)77(113)94-60(31-32-87)76(112)99-65(40-53-45-92-59-23-18-16-21-57(53)59)83(119)103(10)70(25-14-12-2)86(122)102(68)9/h15-18,20-23,27-30,44-45,48-50,55,60-71,91-92,106-107H,11-14,19,24-26,31-43,46-47,87-88H2,1-10H3,(H2,89,108)(H,90,111)(H,93,109)(H,94,113)(H,95,115)(H,96,117)(H,97,110)(H,98,114)(H,99,112)(H,100,116)/t50-,55+,60-,61-,62-,63-,64-,65-,66-,67-,68-,69-,70-,71-/m0/s1. The number of ether oxygens (including phenoxy) is 1. The number of unbranched alkanes of at least 4 members (excludes halogenated alkanes) is 2. The number of para-hydroxylation sites is 2. The van der Waals surface area contributed by atoms with Gasteiger partial charge >= 0.3 is 0 Å². The van der Waals surface area contributed by atoms with Crippen molar-refractivity contribution in [2.24, 2.45) is 29.0 Å². The van der Waals surface area contributed by atoms with Crippen LogP contribution in [0.2, 0.25) is 0 Å². The topological polar surface area (TPSA) is 540 Å². The Hall–Kier alpha value is -11.6. The zero-order valence-corrected chi connectivity index (χ0v) is 72.0. The molecular formula is C86H125N19O18. The van der Waals surface area contributed by atoms with Crippen LogP contribution in [0.25, 0.3) is 21.8 Å². The number of amides is 15. The second kappa shape index (κ2) is 46.1. The normalized spacial score (nSPS) is 25.6. The first kappa shape index (κ1) is 96.9. The molecule has 19 N–H and O–H groups in total. The molecule has 37 heteroatoms. The molecule has 672 valence electrons. The zero-order valence-electron chi connectivity index (χ0n) is 72.0. The number of carbonyl (C=O) groups excluding carboxylic acids is 15. The molecule has 2 aromatic heterocycles. The SMILES string of the molecule is CCCC[C@H]1C(=O)N(C)[C@@H](CCCC)C(=O)N[C@@H](CC(C)C)C(=O)NCCOCC(=O)N[C@@H](Cc2ccc(O)cc2)C(=O)N(C)[C@@H](C)C(=O)N[C@@H](CC(N)=O)C(=O)N2CCC[C@H]2C(=O)N[C@@H](CN)C(=O)N[C@@H](CC(C)C)C(=O)N2C[C@H](O)C[C@H]2C(=O)N[C@@H](Cc2c[nH]c3ccccc23)C(=O)N[C@@H](CCN)C(=O)N[C@@H](Cc2c[nH]c3ccccc23)C(=O)N1C. The number of phenolic OH excluding ortho intramolecular Hbond substituents is 1. The van der Waals surface area contributed by atoms with Crippen LogP contribution in [-0.4, -0.2) is 285 Å². The summed E-state index contributed by atoms with van der Waals surface area (Å²) in [4.78, 5) is 232. The van der Waals surface area contributed by atoms with Crippen LogP contribution in [0.3, 0.4) is 0 Å². The molecule has 3 fully saturated rings. The van der Waals surface area contributed by atoms with E-state index in [4.69, 9.17) is 21.9 Å². The predicted molar refractivity (Wildman–Crippen MR) is 456 cm³/mol. The lowest BCUT2D eigenvalue weighted by molar-refractivity contribution is -0.149. The molecule has 0 spiro atoms. The van der Waals surface area contributed by atoms with Gasteiger partial charge in [0.1, 0.15) is 90.9 Å². The summed E-state index contributed by atoms with van der Waals surface area (Å²) in [5.74, 6) is -13.1. The number of hydrogen-bond acceptors (Lipinski definition) is 20. The molecule has 3 aliphatic rings. The molecule has 0 unspecified atom stereocenters. The summed E-state index contributed by atoms with van der Waals surface area (Å²) in [7, 11) is 4.15. The van der Waals surface area contributed by atoms with Crippen molar-refractivity contribution < 1.29 is 86.9 Å². The van der Waals surface area contributed by atoms with E-state index in [-0.39, 0.29) is 114 Å². The number of nitrogens with two attached hydrogens (primary N) is 3. The first-order valence-corrected chi connectivity index (χ1v) is 42.5. The predicted octanol–water partition coefficient (Wildman–Crippen LogP) is -0.483. The van der Waals surface area contributed by atoms with Gasteiger partial charge in [-0.2, -0.15) is 0 Å². The first-order chi connectivity index (χ1) is 58.6. The highest BCUT2D eigenvalue weighted by Crippen LogP contribution is 2.28. The summed E-state index contributed by atoms with van der Waals surface area (Å²) in [6.45, 7) is 10.0. The van der Waals surface area contributed by atoms with Crippen molar-refractivity contribution in [2.75, 3.05) is 67.1 Å². The van der Waals surface area contributed by atoms with Crippen LogP contribution in [0.5, 0.6) is 5.75 Å². The second-order valence-corrected chi connectivity index (χ2v) is 33.1. The first-order valence-electron chi connectivity index (χ1n) is 42.5. The Balaban J connectivity index is 1.15. The molecule has 123 heavy (non-hydrogen) atoms. The van der Waals surface area contributed by atoms with Gasteiger partial charge in [0.25, 0.3) is 0 Å². The van der Waals surface area contributed by atoms with Crippen molar-refractivity contribution in [2.45, 2.75) is 236 Å².